The van der Waals surface area contributed by atoms with Gasteiger partial charge in [0.05, 0.1) is 12.1 Å². The third-order valence-electron chi connectivity index (χ3n) is 2.96. The fourth-order valence-electron chi connectivity index (χ4n) is 1.85. The number of anilines is 2. The number of halogens is 3. The van der Waals surface area contributed by atoms with E-state index >= 15 is 0 Å². The molecule has 0 saturated heterocycles. The number of nitrogens with zero attached hydrogens (tertiary/aromatic N) is 1. The van der Waals surface area contributed by atoms with Gasteiger partial charge in [-0.2, -0.15) is 13.2 Å². The molecule has 0 aromatic carbocycles. The highest BCUT2D eigenvalue weighted by Crippen LogP contribution is 2.33. The number of nitrogens with two attached hydrogens (primary N) is 1. The lowest BCUT2D eigenvalue weighted by Crippen LogP contribution is -2.35. The summed E-state index contributed by atoms with van der Waals surface area (Å²) in [6.45, 7) is 8.03. The smallest absolute Gasteiger partial charge is 0.385 e. The molecule has 0 unspecified atom stereocenters. The number of carbonyl (C=O) groups is 1. The number of allylic oxidation sites excluding steroid dienone is 2. The number of nitrogen functional groups attached to an aromatic ring is 1. The summed E-state index contributed by atoms with van der Waals surface area (Å²) in [6, 6.07) is 0.560. The summed E-state index contributed by atoms with van der Waals surface area (Å²) in [7, 11) is 0. The molecule has 0 aliphatic carbocycles. The maximum Gasteiger partial charge on any atom is 0.419 e. The van der Waals surface area contributed by atoms with Crippen LogP contribution < -0.4 is 16.2 Å². The molecule has 0 saturated carbocycles. The molecule has 0 fully saturated rings. The van der Waals surface area contributed by atoms with Crippen molar-refractivity contribution in [2.45, 2.75) is 13.1 Å². The average Bonchev–Trinajstić information content (AvgIpc) is 2.42. The maximum absolute atomic E-state index is 12.9. The van der Waals surface area contributed by atoms with Crippen molar-refractivity contribution in [3.05, 3.63) is 58.9 Å². The molecule has 0 bridgehead atoms. The van der Waals surface area contributed by atoms with Crippen LogP contribution in [-0.2, 0) is 11.0 Å². The molecule has 1 heterocycles. The van der Waals surface area contributed by atoms with Gasteiger partial charge >= 0.3 is 6.18 Å². The highest BCUT2D eigenvalue weighted by molar-refractivity contribution is 5.92. The van der Waals surface area contributed by atoms with Gasteiger partial charge in [-0.05, 0) is 11.6 Å². The molecule has 0 spiro atoms. The van der Waals surface area contributed by atoms with Crippen molar-refractivity contribution < 1.29 is 18.0 Å². The number of alkyl halides is 3. The van der Waals surface area contributed by atoms with E-state index in [0.29, 0.717) is 11.6 Å². The monoisotopic (exact) mass is 327 g/mol. The zero-order valence-corrected chi connectivity index (χ0v) is 12.4. The summed E-state index contributed by atoms with van der Waals surface area (Å²) in [4.78, 5) is 26.5. The number of aromatic amines is 1. The van der Waals surface area contributed by atoms with Crippen molar-refractivity contribution in [3.63, 3.8) is 0 Å². The second-order valence-electron chi connectivity index (χ2n) is 4.60. The highest BCUT2D eigenvalue weighted by Gasteiger charge is 2.35. The van der Waals surface area contributed by atoms with Gasteiger partial charge in [0, 0.05) is 6.92 Å². The number of rotatable bonds is 5. The fraction of sp³-hybridized carbons (Fsp3) is 0.200. The van der Waals surface area contributed by atoms with E-state index < -0.39 is 34.7 Å². The van der Waals surface area contributed by atoms with E-state index in [1.165, 1.54) is 18.2 Å². The molecule has 1 aromatic rings. The third kappa shape index (κ3) is 4.35. The van der Waals surface area contributed by atoms with Crippen molar-refractivity contribution in [1.29, 1.82) is 0 Å². The lowest BCUT2D eigenvalue weighted by atomic mass is 10.1. The van der Waals surface area contributed by atoms with Gasteiger partial charge < -0.3 is 15.6 Å². The summed E-state index contributed by atoms with van der Waals surface area (Å²) in [5, 5.41) is 0. The van der Waals surface area contributed by atoms with Gasteiger partial charge in [0.25, 0.3) is 5.56 Å². The first-order valence-corrected chi connectivity index (χ1v) is 6.44. The number of aromatic nitrogens is 1. The predicted octanol–water partition coefficient (Wildman–Crippen LogP) is 2.63. The molecule has 1 amide bonds. The minimum absolute atomic E-state index is 0.130. The molecule has 0 atom stereocenters. The van der Waals surface area contributed by atoms with Gasteiger partial charge in [-0.15, -0.1) is 0 Å². The summed E-state index contributed by atoms with van der Waals surface area (Å²) in [5.41, 5.74) is 3.15. The highest BCUT2D eigenvalue weighted by atomic mass is 19.4. The molecule has 1 rings (SSSR count). The van der Waals surface area contributed by atoms with Crippen LogP contribution in [0, 0.1) is 0 Å². The van der Waals surface area contributed by atoms with Crippen LogP contribution in [0.2, 0.25) is 0 Å². The summed E-state index contributed by atoms with van der Waals surface area (Å²) < 4.78 is 38.8. The Hall–Kier alpha value is -2.77. The van der Waals surface area contributed by atoms with E-state index in [0.717, 1.165) is 11.8 Å². The van der Waals surface area contributed by atoms with Gasteiger partial charge in [0.1, 0.15) is 11.5 Å². The van der Waals surface area contributed by atoms with E-state index in [4.69, 9.17) is 5.73 Å². The minimum atomic E-state index is -4.76. The first-order valence-electron chi connectivity index (χ1n) is 6.44. The maximum atomic E-state index is 12.9. The molecule has 1 aromatic heterocycles. The number of hydrogen-bond acceptors (Lipinski definition) is 3. The Morgan fingerprint density at radius 1 is 1.43 bits per heavy atom. The fourth-order valence-corrected chi connectivity index (χ4v) is 1.85. The Bertz CT molecular complexity index is 718. The van der Waals surface area contributed by atoms with Crippen molar-refractivity contribution in [2.24, 2.45) is 0 Å². The molecule has 5 nitrogen and oxygen atoms in total. The Morgan fingerprint density at radius 3 is 2.48 bits per heavy atom. The topological polar surface area (TPSA) is 79.2 Å². The van der Waals surface area contributed by atoms with Gasteiger partial charge in [-0.3, -0.25) is 9.59 Å². The van der Waals surface area contributed by atoms with E-state index in [1.54, 1.807) is 0 Å². The number of carbonyl (C=O) groups excluding carboxylic acids is 1. The number of hydrogen-bond donors (Lipinski definition) is 2. The number of H-pyrrole nitrogens is 1. The van der Waals surface area contributed by atoms with Gasteiger partial charge in [0.15, 0.2) is 0 Å². The number of amides is 1. The summed E-state index contributed by atoms with van der Waals surface area (Å²) in [5.74, 6) is -1.41. The first kappa shape index (κ1) is 18.3. The molecule has 124 valence electrons. The van der Waals surface area contributed by atoms with Crippen LogP contribution in [0.1, 0.15) is 12.5 Å². The van der Waals surface area contributed by atoms with Crippen LogP contribution in [0.25, 0.3) is 0 Å². The van der Waals surface area contributed by atoms with Crippen molar-refractivity contribution in [1.82, 2.24) is 4.98 Å². The predicted molar refractivity (Wildman–Crippen MR) is 83.0 cm³/mol. The second-order valence-corrected chi connectivity index (χ2v) is 4.60. The summed E-state index contributed by atoms with van der Waals surface area (Å²) in [6.07, 6.45) is -0.389. The Kier molecular flexibility index (Phi) is 5.56. The molecule has 23 heavy (non-hydrogen) atoms. The number of nitrogens with one attached hydrogen (secondary N) is 1. The van der Waals surface area contributed by atoms with Gasteiger partial charge in [0.2, 0.25) is 5.91 Å². The van der Waals surface area contributed by atoms with Gasteiger partial charge in [-0.25, -0.2) is 0 Å². The van der Waals surface area contributed by atoms with Crippen LogP contribution in [-0.4, -0.2) is 17.4 Å². The SMILES string of the molecule is C=C/C=C(\C=C)CN(C(C)=O)c1cc(C(F)(F)F)c(N)[nH]c1=O. The van der Waals surface area contributed by atoms with E-state index in [9.17, 15) is 22.8 Å². The molecular weight excluding hydrogens is 311 g/mol. The zero-order chi connectivity index (χ0) is 17.8. The third-order valence-corrected chi connectivity index (χ3v) is 2.96. The lowest BCUT2D eigenvalue weighted by Gasteiger charge is -2.22. The van der Waals surface area contributed by atoms with Crippen LogP contribution in [0.15, 0.2) is 47.8 Å². The molecular formula is C15H16F3N3O2. The van der Waals surface area contributed by atoms with E-state index in [-0.39, 0.29) is 6.54 Å². The Balaban J connectivity index is 3.47. The average molecular weight is 327 g/mol. The van der Waals surface area contributed by atoms with E-state index in [2.05, 4.69) is 13.2 Å². The van der Waals surface area contributed by atoms with Crippen LogP contribution in [0.5, 0.6) is 0 Å². The normalized spacial score (nSPS) is 11.9. The summed E-state index contributed by atoms with van der Waals surface area (Å²) >= 11 is 0. The van der Waals surface area contributed by atoms with Crippen LogP contribution in [0.3, 0.4) is 0 Å². The van der Waals surface area contributed by atoms with E-state index in [1.807, 2.05) is 4.98 Å². The second kappa shape index (κ2) is 6.99. The molecule has 0 aliphatic heterocycles. The Morgan fingerprint density at radius 2 is 2.04 bits per heavy atom. The largest absolute Gasteiger partial charge is 0.419 e. The first-order chi connectivity index (χ1) is 10.6. The number of pyridine rings is 1. The molecule has 3 N–H and O–H groups in total. The zero-order valence-electron chi connectivity index (χ0n) is 12.4. The molecule has 8 heteroatoms. The molecule has 0 aliphatic rings. The molecule has 0 radical (unpaired) electrons. The van der Waals surface area contributed by atoms with Gasteiger partial charge in [-0.1, -0.05) is 31.4 Å². The van der Waals surface area contributed by atoms with Crippen LogP contribution >= 0.6 is 0 Å². The minimum Gasteiger partial charge on any atom is -0.385 e. The Labute approximate surface area is 130 Å². The van der Waals surface area contributed by atoms with Crippen molar-refractivity contribution >= 4 is 17.4 Å². The quantitative estimate of drug-likeness (QED) is 0.816. The van der Waals surface area contributed by atoms with Crippen LogP contribution in [0.4, 0.5) is 24.7 Å². The standard InChI is InChI=1S/C15H16F3N3O2/c1-4-6-10(5-2)8-21(9(3)22)12-7-11(15(16,17)18)13(19)20-14(12)23/h4-7H,1-2,8H2,3H3,(H3,19,20,23)/b10-6+. The lowest BCUT2D eigenvalue weighted by molar-refractivity contribution is -0.137. The van der Waals surface area contributed by atoms with Crippen molar-refractivity contribution in [3.8, 4) is 0 Å². The van der Waals surface area contributed by atoms with Crippen molar-refractivity contribution in [2.75, 3.05) is 17.2 Å².